The summed E-state index contributed by atoms with van der Waals surface area (Å²) in [6.07, 6.45) is 1.48. The third kappa shape index (κ3) is 3.11. The van der Waals surface area contributed by atoms with E-state index in [9.17, 15) is 9.90 Å². The number of benzene rings is 1. The second kappa shape index (κ2) is 6.08. The number of phenols is 1. The van der Waals surface area contributed by atoms with Gasteiger partial charge in [-0.05, 0) is 24.8 Å². The molecular weight excluding hydrogens is 301 g/mol. The van der Waals surface area contributed by atoms with Gasteiger partial charge < -0.3 is 21.5 Å². The Kier molecular flexibility index (Phi) is 4.62. The maximum absolute atomic E-state index is 11.1. The zero-order valence-corrected chi connectivity index (χ0v) is 12.4. The van der Waals surface area contributed by atoms with E-state index in [1.54, 1.807) is 11.0 Å². The molecule has 20 heavy (non-hydrogen) atoms. The van der Waals surface area contributed by atoms with Crippen LogP contribution in [0.15, 0.2) is 12.1 Å². The smallest absolute Gasteiger partial charge is 0.314 e. The average molecular weight is 318 g/mol. The summed E-state index contributed by atoms with van der Waals surface area (Å²) in [5.41, 5.74) is 12.0. The van der Waals surface area contributed by atoms with Crippen molar-refractivity contribution in [3.05, 3.63) is 27.7 Å². The minimum atomic E-state index is -0.408. The van der Waals surface area contributed by atoms with Crippen LogP contribution >= 0.6 is 23.2 Å². The van der Waals surface area contributed by atoms with E-state index in [1.165, 1.54) is 6.07 Å². The highest BCUT2D eigenvalue weighted by Crippen LogP contribution is 2.37. The molecule has 7 heteroatoms. The first-order chi connectivity index (χ1) is 9.40. The molecule has 1 aromatic carbocycles. The molecule has 0 bridgehead atoms. The van der Waals surface area contributed by atoms with Gasteiger partial charge in [0.1, 0.15) is 5.75 Å². The normalized spacial score (nSPS) is 18.1. The number of likely N-dealkylation sites (tertiary alicyclic amines) is 1. The molecule has 1 aliphatic heterocycles. The van der Waals surface area contributed by atoms with Gasteiger partial charge in [0.05, 0.1) is 10.0 Å². The fraction of sp³-hybridized carbons (Fsp3) is 0.462. The molecule has 0 saturated carbocycles. The zero-order chi connectivity index (χ0) is 14.9. The summed E-state index contributed by atoms with van der Waals surface area (Å²) in [6, 6.07) is 2.25. The molecule has 5 N–H and O–H groups in total. The van der Waals surface area contributed by atoms with E-state index < -0.39 is 6.03 Å². The molecule has 0 aliphatic carbocycles. The Balaban J connectivity index is 2.11. The van der Waals surface area contributed by atoms with Gasteiger partial charge in [0.25, 0.3) is 0 Å². The average Bonchev–Trinajstić information content (AvgIpc) is 2.42. The monoisotopic (exact) mass is 317 g/mol. The van der Waals surface area contributed by atoms with Gasteiger partial charge in [-0.2, -0.15) is 0 Å². The number of urea groups is 1. The molecule has 2 rings (SSSR count). The quantitative estimate of drug-likeness (QED) is 0.782. The van der Waals surface area contributed by atoms with Crippen molar-refractivity contribution in [2.24, 2.45) is 17.4 Å². The number of hydrogen-bond donors (Lipinski definition) is 3. The lowest BCUT2D eigenvalue weighted by molar-refractivity contribution is 0.170. The van der Waals surface area contributed by atoms with E-state index in [1.807, 2.05) is 0 Å². The van der Waals surface area contributed by atoms with Crippen LogP contribution in [0.3, 0.4) is 0 Å². The van der Waals surface area contributed by atoms with Crippen LogP contribution in [0.25, 0.3) is 0 Å². The van der Waals surface area contributed by atoms with E-state index in [4.69, 9.17) is 34.7 Å². The van der Waals surface area contributed by atoms with Crippen LogP contribution in [0.1, 0.15) is 24.4 Å². The minimum Gasteiger partial charge on any atom is -0.508 e. The number of carbonyl (C=O) groups excluding carboxylic acids is 1. The van der Waals surface area contributed by atoms with E-state index in [2.05, 4.69) is 0 Å². The van der Waals surface area contributed by atoms with Gasteiger partial charge in [0, 0.05) is 30.8 Å². The first-order valence-corrected chi connectivity index (χ1v) is 7.13. The van der Waals surface area contributed by atoms with Crippen LogP contribution in [-0.4, -0.2) is 29.1 Å². The number of piperidine rings is 1. The van der Waals surface area contributed by atoms with Crippen molar-refractivity contribution in [1.29, 1.82) is 0 Å². The standard InChI is InChI=1S/C13H17Cl2N3O2/c14-9-5-8(11(19)6-10(9)15)12(16)7-1-3-18(4-2-7)13(17)20/h5-7,12,19H,1-4,16H2,(H2,17,20). The molecule has 0 radical (unpaired) electrons. The van der Waals surface area contributed by atoms with Crippen molar-refractivity contribution in [3.8, 4) is 5.75 Å². The Bertz CT molecular complexity index is 517. The highest BCUT2D eigenvalue weighted by Gasteiger charge is 2.28. The molecule has 2 amide bonds. The Morgan fingerprint density at radius 1 is 1.30 bits per heavy atom. The van der Waals surface area contributed by atoms with Crippen molar-refractivity contribution >= 4 is 29.2 Å². The number of amides is 2. The van der Waals surface area contributed by atoms with E-state index in [0.717, 1.165) is 12.8 Å². The fourth-order valence-corrected chi connectivity index (χ4v) is 2.88. The van der Waals surface area contributed by atoms with Gasteiger partial charge in [-0.25, -0.2) is 4.79 Å². The third-order valence-electron chi connectivity index (χ3n) is 3.79. The van der Waals surface area contributed by atoms with Gasteiger partial charge in [0.2, 0.25) is 0 Å². The van der Waals surface area contributed by atoms with Crippen LogP contribution in [0, 0.1) is 5.92 Å². The van der Waals surface area contributed by atoms with Gasteiger partial charge >= 0.3 is 6.03 Å². The summed E-state index contributed by atoms with van der Waals surface area (Å²) in [7, 11) is 0. The summed E-state index contributed by atoms with van der Waals surface area (Å²) in [6.45, 7) is 1.16. The second-order valence-electron chi connectivity index (χ2n) is 5.01. The molecule has 1 fully saturated rings. The SMILES string of the molecule is NC(=O)N1CCC(C(N)c2cc(Cl)c(Cl)cc2O)CC1. The summed E-state index contributed by atoms with van der Waals surface area (Å²) < 4.78 is 0. The second-order valence-corrected chi connectivity index (χ2v) is 5.83. The van der Waals surface area contributed by atoms with Gasteiger partial charge in [0.15, 0.2) is 0 Å². The summed E-state index contributed by atoms with van der Waals surface area (Å²) in [4.78, 5) is 12.7. The summed E-state index contributed by atoms with van der Waals surface area (Å²) in [5.74, 6) is 0.206. The molecule has 1 heterocycles. The molecule has 1 atom stereocenters. The maximum Gasteiger partial charge on any atom is 0.314 e. The van der Waals surface area contributed by atoms with E-state index in [-0.39, 0.29) is 17.7 Å². The van der Waals surface area contributed by atoms with Gasteiger partial charge in [-0.15, -0.1) is 0 Å². The van der Waals surface area contributed by atoms with Crippen LogP contribution in [0.5, 0.6) is 5.75 Å². The van der Waals surface area contributed by atoms with Crippen molar-refractivity contribution in [2.45, 2.75) is 18.9 Å². The van der Waals surface area contributed by atoms with Gasteiger partial charge in [-0.1, -0.05) is 23.2 Å². The minimum absolute atomic E-state index is 0.0456. The first kappa shape index (κ1) is 15.2. The lowest BCUT2D eigenvalue weighted by Gasteiger charge is -2.34. The molecule has 1 unspecified atom stereocenters. The number of nitrogens with two attached hydrogens (primary N) is 2. The highest BCUT2D eigenvalue weighted by molar-refractivity contribution is 6.42. The van der Waals surface area contributed by atoms with Crippen LogP contribution < -0.4 is 11.5 Å². The van der Waals surface area contributed by atoms with Gasteiger partial charge in [-0.3, -0.25) is 0 Å². The third-order valence-corrected chi connectivity index (χ3v) is 4.51. The van der Waals surface area contributed by atoms with E-state index in [0.29, 0.717) is 28.7 Å². The lowest BCUT2D eigenvalue weighted by atomic mass is 9.85. The van der Waals surface area contributed by atoms with Crippen molar-refractivity contribution in [3.63, 3.8) is 0 Å². The molecular formula is C13H17Cl2N3O2. The molecule has 110 valence electrons. The Hall–Kier alpha value is -1.17. The number of rotatable bonds is 2. The Morgan fingerprint density at radius 3 is 2.40 bits per heavy atom. The molecule has 5 nitrogen and oxygen atoms in total. The fourth-order valence-electron chi connectivity index (χ4n) is 2.55. The largest absolute Gasteiger partial charge is 0.508 e. The number of carbonyl (C=O) groups is 1. The Morgan fingerprint density at radius 2 is 1.85 bits per heavy atom. The Labute approximate surface area is 127 Å². The zero-order valence-electron chi connectivity index (χ0n) is 10.9. The van der Waals surface area contributed by atoms with Crippen LogP contribution in [-0.2, 0) is 0 Å². The molecule has 0 spiro atoms. The van der Waals surface area contributed by atoms with Crippen LogP contribution in [0.2, 0.25) is 10.0 Å². The predicted molar refractivity (Wildman–Crippen MR) is 78.9 cm³/mol. The predicted octanol–water partition coefficient (Wildman–Crippen LogP) is 2.49. The highest BCUT2D eigenvalue weighted by atomic mass is 35.5. The molecule has 1 saturated heterocycles. The van der Waals surface area contributed by atoms with E-state index >= 15 is 0 Å². The molecule has 0 aromatic heterocycles. The van der Waals surface area contributed by atoms with Crippen molar-refractivity contribution in [2.75, 3.05) is 13.1 Å². The number of phenolic OH excluding ortho intramolecular Hbond substituents is 1. The summed E-state index contributed by atoms with van der Waals surface area (Å²) >= 11 is 11.8. The first-order valence-electron chi connectivity index (χ1n) is 6.38. The number of hydrogen-bond acceptors (Lipinski definition) is 3. The number of aromatic hydroxyl groups is 1. The number of nitrogens with zero attached hydrogens (tertiary/aromatic N) is 1. The number of primary amides is 1. The van der Waals surface area contributed by atoms with Crippen molar-refractivity contribution < 1.29 is 9.90 Å². The number of halogens is 2. The van der Waals surface area contributed by atoms with Crippen LogP contribution in [0.4, 0.5) is 4.79 Å². The maximum atomic E-state index is 11.1. The summed E-state index contributed by atoms with van der Waals surface area (Å²) in [5, 5.41) is 10.6. The molecule has 1 aromatic rings. The molecule has 1 aliphatic rings. The lowest BCUT2D eigenvalue weighted by Crippen LogP contribution is -2.43. The van der Waals surface area contributed by atoms with Crippen molar-refractivity contribution in [1.82, 2.24) is 4.90 Å². The topological polar surface area (TPSA) is 92.6 Å².